The number of carbonyl (C=O) groups is 4. The Kier molecular flexibility index (Phi) is 8.11. The van der Waals surface area contributed by atoms with Crippen LogP contribution in [0.4, 0.5) is 0 Å². The van der Waals surface area contributed by atoms with Gasteiger partial charge in [-0.1, -0.05) is 30.3 Å². The lowest BCUT2D eigenvalue weighted by molar-refractivity contribution is -0.150. The van der Waals surface area contributed by atoms with Crippen LogP contribution < -0.4 is 10.6 Å². The van der Waals surface area contributed by atoms with Crippen molar-refractivity contribution < 1.29 is 29.0 Å². The number of benzene rings is 1. The molecule has 8 nitrogen and oxygen atoms in total. The maximum Gasteiger partial charge on any atom is 0.326 e. The Labute approximate surface area is 145 Å². The zero-order chi connectivity index (χ0) is 18.8. The molecule has 0 bridgehead atoms. The van der Waals surface area contributed by atoms with Crippen LogP contribution in [-0.2, 0) is 30.3 Å². The van der Waals surface area contributed by atoms with E-state index in [2.05, 4.69) is 10.6 Å². The summed E-state index contributed by atoms with van der Waals surface area (Å²) in [4.78, 5) is 46.5. The summed E-state index contributed by atoms with van der Waals surface area (Å²) in [5, 5.41) is 14.0. The van der Waals surface area contributed by atoms with Gasteiger partial charge in [-0.25, -0.2) is 4.79 Å². The van der Waals surface area contributed by atoms with Crippen molar-refractivity contribution >= 4 is 23.8 Å². The van der Waals surface area contributed by atoms with Crippen molar-refractivity contribution in [1.29, 1.82) is 0 Å². The minimum Gasteiger partial charge on any atom is -0.480 e. The van der Waals surface area contributed by atoms with Crippen molar-refractivity contribution in [2.45, 2.75) is 38.8 Å². The number of carbonyl (C=O) groups excluding carboxylic acids is 3. The topological polar surface area (TPSA) is 122 Å². The van der Waals surface area contributed by atoms with Gasteiger partial charge in [0.25, 0.3) is 0 Å². The van der Waals surface area contributed by atoms with Gasteiger partial charge in [-0.3, -0.25) is 14.4 Å². The number of nitrogens with one attached hydrogen (secondary N) is 2. The minimum absolute atomic E-state index is 0.113. The summed E-state index contributed by atoms with van der Waals surface area (Å²) < 4.78 is 4.70. The number of hydrogen-bond donors (Lipinski definition) is 3. The molecule has 0 aromatic heterocycles. The van der Waals surface area contributed by atoms with E-state index in [-0.39, 0.29) is 13.0 Å². The smallest absolute Gasteiger partial charge is 0.326 e. The van der Waals surface area contributed by atoms with Crippen molar-refractivity contribution in [1.82, 2.24) is 10.6 Å². The monoisotopic (exact) mass is 350 g/mol. The fourth-order valence-electron chi connectivity index (χ4n) is 2.16. The highest BCUT2D eigenvalue weighted by molar-refractivity contribution is 5.91. The summed E-state index contributed by atoms with van der Waals surface area (Å²) >= 11 is 0. The second-order valence-electron chi connectivity index (χ2n) is 5.35. The van der Waals surface area contributed by atoms with Gasteiger partial charge in [-0.05, 0) is 12.5 Å². The van der Waals surface area contributed by atoms with Crippen LogP contribution >= 0.6 is 0 Å². The van der Waals surface area contributed by atoms with Gasteiger partial charge in [-0.2, -0.15) is 0 Å². The van der Waals surface area contributed by atoms with E-state index in [9.17, 15) is 24.3 Å². The molecule has 0 aliphatic rings. The molecule has 2 amide bonds. The number of rotatable bonds is 9. The summed E-state index contributed by atoms with van der Waals surface area (Å²) in [6, 6.07) is 6.58. The number of carboxylic acid groups (broad SMARTS) is 1. The number of aliphatic carboxylic acids is 1. The summed E-state index contributed by atoms with van der Waals surface area (Å²) in [6.07, 6.45) is -0.301. The van der Waals surface area contributed by atoms with Gasteiger partial charge in [0.15, 0.2) is 0 Å². The summed E-state index contributed by atoms with van der Waals surface area (Å²) in [6.45, 7) is 2.97. The molecular weight excluding hydrogens is 328 g/mol. The Balaban J connectivity index is 2.82. The third-order valence-corrected chi connectivity index (χ3v) is 3.27. The molecule has 1 rings (SSSR count). The van der Waals surface area contributed by atoms with Crippen molar-refractivity contribution in [3.63, 3.8) is 0 Å². The van der Waals surface area contributed by atoms with Crippen molar-refractivity contribution in [2.75, 3.05) is 6.61 Å². The van der Waals surface area contributed by atoms with Gasteiger partial charge < -0.3 is 20.5 Å². The van der Waals surface area contributed by atoms with Crippen LogP contribution in [0.3, 0.4) is 0 Å². The fraction of sp³-hybridized carbons (Fsp3) is 0.412. The van der Waals surface area contributed by atoms with Gasteiger partial charge >= 0.3 is 11.9 Å². The standard InChI is InChI=1S/C17H22N2O6/c1-3-25-15(21)10-14(17(23)24)19-16(22)13(18-11(2)20)9-12-7-5-4-6-8-12/h4-8,13-14H,3,9-10H2,1-2H3,(H,18,20)(H,19,22)(H,23,24)/t13-,14-/m0/s1. The lowest BCUT2D eigenvalue weighted by atomic mass is 10.0. The molecule has 0 heterocycles. The van der Waals surface area contributed by atoms with E-state index in [4.69, 9.17) is 4.74 Å². The molecule has 25 heavy (non-hydrogen) atoms. The van der Waals surface area contributed by atoms with Gasteiger partial charge in [-0.15, -0.1) is 0 Å². The summed E-state index contributed by atoms with van der Waals surface area (Å²) in [7, 11) is 0. The van der Waals surface area contributed by atoms with Gasteiger partial charge in [0.1, 0.15) is 12.1 Å². The summed E-state index contributed by atoms with van der Waals surface area (Å²) in [5.41, 5.74) is 0.800. The number of hydrogen-bond acceptors (Lipinski definition) is 5. The normalized spacial score (nSPS) is 12.6. The molecule has 0 saturated carbocycles. The van der Waals surface area contributed by atoms with Crippen LogP contribution in [-0.4, -0.2) is 47.6 Å². The largest absolute Gasteiger partial charge is 0.480 e. The number of ether oxygens (including phenoxy) is 1. The third kappa shape index (κ3) is 7.47. The first-order valence-electron chi connectivity index (χ1n) is 7.83. The van der Waals surface area contributed by atoms with E-state index in [0.29, 0.717) is 0 Å². The first kappa shape index (κ1) is 20.1. The van der Waals surface area contributed by atoms with Crippen LogP contribution in [0.25, 0.3) is 0 Å². The molecule has 0 saturated heterocycles. The quantitative estimate of drug-likeness (QED) is 0.549. The molecule has 136 valence electrons. The molecule has 0 spiro atoms. The predicted octanol–water partition coefficient (Wildman–Crippen LogP) is 0.256. The Hall–Kier alpha value is -2.90. The van der Waals surface area contributed by atoms with Gasteiger partial charge in [0, 0.05) is 13.3 Å². The molecular formula is C17H22N2O6. The number of carboxylic acids is 1. The predicted molar refractivity (Wildman–Crippen MR) is 88.6 cm³/mol. The maximum atomic E-state index is 12.4. The van der Waals surface area contributed by atoms with Crippen molar-refractivity contribution in [3.8, 4) is 0 Å². The van der Waals surface area contributed by atoms with E-state index in [0.717, 1.165) is 5.56 Å². The molecule has 0 aliphatic heterocycles. The second-order valence-corrected chi connectivity index (χ2v) is 5.35. The van der Waals surface area contributed by atoms with Gasteiger partial charge in [0.2, 0.25) is 11.8 Å². The maximum absolute atomic E-state index is 12.4. The molecule has 3 N–H and O–H groups in total. The molecule has 0 radical (unpaired) electrons. The number of esters is 1. The van der Waals surface area contributed by atoms with Crippen LogP contribution in [0.1, 0.15) is 25.8 Å². The first-order chi connectivity index (χ1) is 11.8. The molecule has 0 aliphatic carbocycles. The lowest BCUT2D eigenvalue weighted by Gasteiger charge is -2.20. The van der Waals surface area contributed by atoms with Crippen molar-refractivity contribution in [3.05, 3.63) is 35.9 Å². The molecule has 1 aromatic carbocycles. The Morgan fingerprint density at radius 2 is 1.72 bits per heavy atom. The highest BCUT2D eigenvalue weighted by atomic mass is 16.5. The average molecular weight is 350 g/mol. The zero-order valence-electron chi connectivity index (χ0n) is 14.2. The van der Waals surface area contributed by atoms with Crippen molar-refractivity contribution in [2.24, 2.45) is 0 Å². The van der Waals surface area contributed by atoms with E-state index < -0.39 is 42.3 Å². The average Bonchev–Trinajstić information content (AvgIpc) is 2.54. The van der Waals surface area contributed by atoms with E-state index in [1.165, 1.54) is 6.92 Å². The Bertz CT molecular complexity index is 617. The minimum atomic E-state index is -1.43. The second kappa shape index (κ2) is 10.1. The lowest BCUT2D eigenvalue weighted by Crippen LogP contribution is -2.52. The highest BCUT2D eigenvalue weighted by Gasteiger charge is 2.28. The zero-order valence-corrected chi connectivity index (χ0v) is 14.2. The molecule has 8 heteroatoms. The SMILES string of the molecule is CCOC(=O)C[C@H](NC(=O)[C@H](Cc1ccccc1)NC(C)=O)C(=O)O. The molecule has 0 fully saturated rings. The van der Waals surface area contributed by atoms with Crippen LogP contribution in [0.2, 0.25) is 0 Å². The van der Waals surface area contributed by atoms with E-state index >= 15 is 0 Å². The van der Waals surface area contributed by atoms with E-state index in [1.807, 2.05) is 6.07 Å². The number of amides is 2. The highest BCUT2D eigenvalue weighted by Crippen LogP contribution is 2.05. The van der Waals surface area contributed by atoms with E-state index in [1.54, 1.807) is 31.2 Å². The molecule has 0 unspecified atom stereocenters. The first-order valence-corrected chi connectivity index (χ1v) is 7.83. The Morgan fingerprint density at radius 1 is 1.08 bits per heavy atom. The van der Waals surface area contributed by atoms with Crippen LogP contribution in [0, 0.1) is 0 Å². The Morgan fingerprint density at radius 3 is 2.24 bits per heavy atom. The molecule has 1 aromatic rings. The summed E-state index contributed by atoms with van der Waals surface area (Å²) in [5.74, 6) is -3.19. The van der Waals surface area contributed by atoms with Crippen LogP contribution in [0.15, 0.2) is 30.3 Å². The van der Waals surface area contributed by atoms with Crippen LogP contribution in [0.5, 0.6) is 0 Å². The van der Waals surface area contributed by atoms with Gasteiger partial charge in [0.05, 0.1) is 13.0 Å². The molecule has 2 atom stereocenters. The third-order valence-electron chi connectivity index (χ3n) is 3.27. The fourth-order valence-corrected chi connectivity index (χ4v) is 2.16.